The molecule has 0 radical (unpaired) electrons. The van der Waals surface area contributed by atoms with Crippen molar-refractivity contribution in [3.8, 4) is 11.5 Å². The van der Waals surface area contributed by atoms with Gasteiger partial charge in [-0.3, -0.25) is 0 Å². The van der Waals surface area contributed by atoms with Crippen LogP contribution in [-0.4, -0.2) is 32.3 Å². The van der Waals surface area contributed by atoms with Gasteiger partial charge in [-0.05, 0) is 50.3 Å². The minimum atomic E-state index is -0.710. The molecule has 1 fully saturated rings. The van der Waals surface area contributed by atoms with E-state index >= 15 is 0 Å². The van der Waals surface area contributed by atoms with Crippen LogP contribution in [-0.2, 0) is 9.53 Å². The second kappa shape index (κ2) is 8.08. The van der Waals surface area contributed by atoms with E-state index in [2.05, 4.69) is 10.6 Å². The first kappa shape index (κ1) is 19.4. The predicted molar refractivity (Wildman–Crippen MR) is 100 cm³/mol. The van der Waals surface area contributed by atoms with Crippen molar-refractivity contribution in [3.63, 3.8) is 0 Å². The molecular formula is C19H23ClN2O5. The first-order chi connectivity index (χ1) is 12.9. The Bertz CT molecular complexity index is 787. The molecule has 2 amide bonds. The smallest absolute Gasteiger partial charge is 0.337 e. The summed E-state index contributed by atoms with van der Waals surface area (Å²) >= 11 is 6.48. The van der Waals surface area contributed by atoms with E-state index in [1.54, 1.807) is 19.1 Å². The van der Waals surface area contributed by atoms with Crippen LogP contribution in [0.5, 0.6) is 11.5 Å². The van der Waals surface area contributed by atoms with E-state index in [0.717, 1.165) is 25.7 Å². The summed E-state index contributed by atoms with van der Waals surface area (Å²) in [5, 5.41) is 5.69. The Morgan fingerprint density at radius 2 is 1.93 bits per heavy atom. The Kier molecular flexibility index (Phi) is 5.79. The number of benzene rings is 1. The summed E-state index contributed by atoms with van der Waals surface area (Å²) in [5.74, 6) is 0.404. The first-order valence-electron chi connectivity index (χ1n) is 8.85. The van der Waals surface area contributed by atoms with E-state index in [4.69, 9.17) is 25.8 Å². The Balaban J connectivity index is 2.00. The average molecular weight is 395 g/mol. The fourth-order valence-electron chi connectivity index (χ4n) is 3.52. The number of nitrogens with one attached hydrogen (secondary N) is 2. The zero-order valence-electron chi connectivity index (χ0n) is 15.6. The van der Waals surface area contributed by atoms with E-state index < -0.39 is 18.0 Å². The van der Waals surface area contributed by atoms with Crippen LogP contribution in [0, 0.1) is 0 Å². The molecule has 2 aliphatic rings. The lowest BCUT2D eigenvalue weighted by molar-refractivity contribution is -0.136. The summed E-state index contributed by atoms with van der Waals surface area (Å²) in [7, 11) is 2.82. The third kappa shape index (κ3) is 3.98. The van der Waals surface area contributed by atoms with Gasteiger partial charge < -0.3 is 24.8 Å². The topological polar surface area (TPSA) is 85.9 Å². The van der Waals surface area contributed by atoms with Crippen LogP contribution < -0.4 is 20.1 Å². The molecule has 3 rings (SSSR count). The van der Waals surface area contributed by atoms with Gasteiger partial charge in [-0.15, -0.1) is 0 Å². The molecule has 1 atom stereocenters. The van der Waals surface area contributed by atoms with Crippen LogP contribution in [0.3, 0.4) is 0 Å². The SMILES string of the molecule is COC(=O)C1=C(C)NC(=O)N[C@H]1c1cc(Cl)c(OC2CCCC2)c(OC)c1. The molecule has 0 saturated heterocycles. The highest BCUT2D eigenvalue weighted by Gasteiger charge is 2.33. The number of allylic oxidation sites excluding steroid dienone is 1. The maximum atomic E-state index is 12.2. The Labute approximate surface area is 163 Å². The maximum absolute atomic E-state index is 12.2. The van der Waals surface area contributed by atoms with Crippen LogP contribution in [0.1, 0.15) is 44.2 Å². The molecule has 0 spiro atoms. The number of urea groups is 1. The summed E-state index contributed by atoms with van der Waals surface area (Å²) in [6, 6.07) is 2.29. The van der Waals surface area contributed by atoms with Crippen molar-refractivity contribution in [1.29, 1.82) is 0 Å². The lowest BCUT2D eigenvalue weighted by atomic mass is 9.95. The second-order valence-corrected chi connectivity index (χ2v) is 7.03. The number of ether oxygens (including phenoxy) is 3. The zero-order chi connectivity index (χ0) is 19.6. The van der Waals surface area contributed by atoms with E-state index in [1.807, 2.05) is 0 Å². The molecule has 1 aliphatic carbocycles. The number of esters is 1. The van der Waals surface area contributed by atoms with Crippen molar-refractivity contribution < 1.29 is 23.8 Å². The molecule has 0 unspecified atom stereocenters. The normalized spacial score (nSPS) is 20.1. The number of rotatable bonds is 5. The van der Waals surface area contributed by atoms with Crippen LogP contribution in [0.4, 0.5) is 4.79 Å². The highest BCUT2D eigenvalue weighted by molar-refractivity contribution is 6.32. The van der Waals surface area contributed by atoms with Gasteiger partial charge in [0, 0.05) is 5.70 Å². The largest absolute Gasteiger partial charge is 0.493 e. The van der Waals surface area contributed by atoms with Gasteiger partial charge in [-0.1, -0.05) is 11.6 Å². The Morgan fingerprint density at radius 1 is 1.22 bits per heavy atom. The van der Waals surface area contributed by atoms with Gasteiger partial charge in [0.05, 0.1) is 37.0 Å². The fraction of sp³-hybridized carbons (Fsp3) is 0.474. The molecule has 0 bridgehead atoms. The quantitative estimate of drug-likeness (QED) is 0.747. The number of hydrogen-bond acceptors (Lipinski definition) is 5. The summed E-state index contributed by atoms with van der Waals surface area (Å²) in [6.07, 6.45) is 4.36. The number of carbonyl (C=O) groups excluding carboxylic acids is 2. The highest BCUT2D eigenvalue weighted by atomic mass is 35.5. The molecule has 1 aromatic rings. The van der Waals surface area contributed by atoms with Crippen molar-refractivity contribution in [1.82, 2.24) is 10.6 Å². The molecule has 1 aromatic carbocycles. The molecule has 7 nitrogen and oxygen atoms in total. The molecule has 0 aromatic heterocycles. The molecule has 1 saturated carbocycles. The standard InChI is InChI=1S/C19H23ClN2O5/c1-10-15(18(23)26-3)16(22-19(24)21-10)11-8-13(20)17(14(9-11)25-2)27-12-6-4-5-7-12/h8-9,12,16H,4-7H2,1-3H3,(H2,21,22,24)/t16-/m0/s1. The minimum Gasteiger partial charge on any atom is -0.493 e. The van der Waals surface area contributed by atoms with Gasteiger partial charge >= 0.3 is 12.0 Å². The molecule has 1 aliphatic heterocycles. The van der Waals surface area contributed by atoms with Crippen LogP contribution in [0.2, 0.25) is 5.02 Å². The summed E-state index contributed by atoms with van der Waals surface area (Å²) < 4.78 is 16.4. The van der Waals surface area contributed by atoms with Gasteiger partial charge in [0.2, 0.25) is 0 Å². The van der Waals surface area contributed by atoms with Gasteiger partial charge in [-0.2, -0.15) is 0 Å². The van der Waals surface area contributed by atoms with Gasteiger partial charge in [-0.25, -0.2) is 9.59 Å². The Hall–Kier alpha value is -2.41. The third-order valence-corrected chi connectivity index (χ3v) is 5.13. The molecule has 1 heterocycles. The lowest BCUT2D eigenvalue weighted by Gasteiger charge is -2.28. The maximum Gasteiger partial charge on any atom is 0.337 e. The van der Waals surface area contributed by atoms with Gasteiger partial charge in [0.25, 0.3) is 0 Å². The predicted octanol–water partition coefficient (Wildman–Crippen LogP) is 3.47. The van der Waals surface area contributed by atoms with Gasteiger partial charge in [0.1, 0.15) is 0 Å². The van der Waals surface area contributed by atoms with Crippen LogP contribution in [0.15, 0.2) is 23.4 Å². The number of hydrogen-bond donors (Lipinski definition) is 2. The van der Waals surface area contributed by atoms with E-state index in [1.165, 1.54) is 14.2 Å². The number of amides is 2. The van der Waals surface area contributed by atoms with Crippen molar-refractivity contribution in [2.45, 2.75) is 44.8 Å². The van der Waals surface area contributed by atoms with Crippen molar-refractivity contribution >= 4 is 23.6 Å². The summed E-state index contributed by atoms with van der Waals surface area (Å²) in [6.45, 7) is 1.65. The summed E-state index contributed by atoms with van der Waals surface area (Å²) in [4.78, 5) is 24.2. The van der Waals surface area contributed by atoms with Crippen molar-refractivity contribution in [3.05, 3.63) is 34.0 Å². The molecule has 2 N–H and O–H groups in total. The highest BCUT2D eigenvalue weighted by Crippen LogP contribution is 2.41. The minimum absolute atomic E-state index is 0.119. The lowest BCUT2D eigenvalue weighted by Crippen LogP contribution is -2.45. The molecular weight excluding hydrogens is 372 g/mol. The number of halogens is 1. The first-order valence-corrected chi connectivity index (χ1v) is 9.23. The summed E-state index contributed by atoms with van der Waals surface area (Å²) in [5.41, 5.74) is 1.34. The van der Waals surface area contributed by atoms with Crippen LogP contribution in [0.25, 0.3) is 0 Å². The monoisotopic (exact) mass is 394 g/mol. The zero-order valence-corrected chi connectivity index (χ0v) is 16.3. The van der Waals surface area contributed by atoms with Gasteiger partial charge in [0.15, 0.2) is 11.5 Å². The number of carbonyl (C=O) groups is 2. The van der Waals surface area contributed by atoms with E-state index in [0.29, 0.717) is 33.4 Å². The van der Waals surface area contributed by atoms with Crippen molar-refractivity contribution in [2.24, 2.45) is 0 Å². The fourth-order valence-corrected chi connectivity index (χ4v) is 3.78. The molecule has 146 valence electrons. The van der Waals surface area contributed by atoms with E-state index in [9.17, 15) is 9.59 Å². The average Bonchev–Trinajstić information content (AvgIpc) is 3.15. The molecule has 8 heteroatoms. The van der Waals surface area contributed by atoms with E-state index in [-0.39, 0.29) is 6.10 Å². The Morgan fingerprint density at radius 3 is 2.56 bits per heavy atom. The number of methoxy groups -OCH3 is 2. The van der Waals surface area contributed by atoms with Crippen molar-refractivity contribution in [2.75, 3.05) is 14.2 Å². The molecule has 27 heavy (non-hydrogen) atoms. The second-order valence-electron chi connectivity index (χ2n) is 6.62. The third-order valence-electron chi connectivity index (χ3n) is 4.85. The van der Waals surface area contributed by atoms with Crippen LogP contribution >= 0.6 is 11.6 Å².